The average molecular weight is 352 g/mol. The molecule has 0 spiro atoms. The number of benzene rings is 1. The third kappa shape index (κ3) is 3.45. The molecule has 0 fully saturated rings. The third-order valence-electron chi connectivity index (χ3n) is 3.39. The molecule has 124 valence electrons. The summed E-state index contributed by atoms with van der Waals surface area (Å²) in [6.45, 7) is 0. The Balaban J connectivity index is 1.39. The Labute approximate surface area is 146 Å². The van der Waals surface area contributed by atoms with E-state index in [-0.39, 0.29) is 12.3 Å². The number of anilines is 1. The van der Waals surface area contributed by atoms with Crippen molar-refractivity contribution >= 4 is 22.9 Å². The summed E-state index contributed by atoms with van der Waals surface area (Å²) in [5, 5.41) is 16.5. The van der Waals surface area contributed by atoms with Gasteiger partial charge in [-0.15, -0.1) is 16.4 Å². The van der Waals surface area contributed by atoms with Crippen molar-refractivity contribution in [2.75, 3.05) is 5.32 Å². The van der Waals surface area contributed by atoms with Crippen LogP contribution in [0.15, 0.2) is 58.8 Å². The van der Waals surface area contributed by atoms with Crippen LogP contribution in [0, 0.1) is 0 Å². The first kappa shape index (κ1) is 15.2. The van der Waals surface area contributed by atoms with Crippen LogP contribution >= 0.6 is 11.3 Å². The number of tetrazole rings is 1. The summed E-state index contributed by atoms with van der Waals surface area (Å²) >= 11 is 1.45. The molecule has 25 heavy (non-hydrogen) atoms. The van der Waals surface area contributed by atoms with Gasteiger partial charge in [0.1, 0.15) is 6.33 Å². The SMILES string of the molecule is O=C(Cc1csc(-c2ccco2)n1)Nc1ccc(-n2cnnn2)cc1. The monoisotopic (exact) mass is 352 g/mol. The minimum atomic E-state index is -0.133. The number of nitrogens with one attached hydrogen (secondary N) is 1. The largest absolute Gasteiger partial charge is 0.462 e. The smallest absolute Gasteiger partial charge is 0.230 e. The molecule has 1 N–H and O–H groups in total. The highest BCUT2D eigenvalue weighted by atomic mass is 32.1. The lowest BCUT2D eigenvalue weighted by Crippen LogP contribution is -2.14. The van der Waals surface area contributed by atoms with Gasteiger partial charge in [-0.25, -0.2) is 9.67 Å². The van der Waals surface area contributed by atoms with E-state index in [4.69, 9.17) is 4.42 Å². The maximum absolute atomic E-state index is 12.2. The lowest BCUT2D eigenvalue weighted by molar-refractivity contribution is -0.115. The van der Waals surface area contributed by atoms with E-state index in [1.54, 1.807) is 18.4 Å². The maximum Gasteiger partial charge on any atom is 0.230 e. The molecule has 0 aliphatic heterocycles. The van der Waals surface area contributed by atoms with Crippen LogP contribution in [0.25, 0.3) is 16.5 Å². The molecule has 0 aliphatic rings. The normalized spacial score (nSPS) is 10.7. The second-order valence-electron chi connectivity index (χ2n) is 5.15. The topological polar surface area (TPSA) is 98.7 Å². The van der Waals surface area contributed by atoms with Gasteiger partial charge in [0.25, 0.3) is 0 Å². The Bertz CT molecular complexity index is 961. The predicted molar refractivity (Wildman–Crippen MR) is 91.3 cm³/mol. The summed E-state index contributed by atoms with van der Waals surface area (Å²) in [5.41, 5.74) is 2.22. The first-order chi connectivity index (χ1) is 12.3. The predicted octanol–water partition coefficient (Wildman–Crippen LogP) is 2.56. The van der Waals surface area contributed by atoms with Crippen LogP contribution in [-0.2, 0) is 11.2 Å². The zero-order valence-corrected chi connectivity index (χ0v) is 13.7. The zero-order valence-electron chi connectivity index (χ0n) is 12.9. The van der Waals surface area contributed by atoms with Crippen LogP contribution < -0.4 is 5.32 Å². The molecule has 0 aliphatic carbocycles. The minimum absolute atomic E-state index is 0.133. The van der Waals surface area contributed by atoms with Crippen LogP contribution in [0.2, 0.25) is 0 Å². The van der Waals surface area contributed by atoms with E-state index in [2.05, 4.69) is 25.8 Å². The van der Waals surface area contributed by atoms with Crippen molar-refractivity contribution in [3.63, 3.8) is 0 Å². The number of carbonyl (C=O) groups excluding carboxylic acids is 1. The number of thiazole rings is 1. The number of furan rings is 1. The van der Waals surface area contributed by atoms with Crippen LogP contribution in [0.4, 0.5) is 5.69 Å². The quantitative estimate of drug-likeness (QED) is 0.593. The molecular formula is C16H12N6O2S. The molecule has 9 heteroatoms. The van der Waals surface area contributed by atoms with E-state index in [9.17, 15) is 4.79 Å². The Morgan fingerprint density at radius 3 is 2.84 bits per heavy atom. The molecule has 1 amide bonds. The fourth-order valence-corrected chi connectivity index (χ4v) is 3.03. The summed E-state index contributed by atoms with van der Waals surface area (Å²) in [4.78, 5) is 16.6. The fourth-order valence-electron chi connectivity index (χ4n) is 2.25. The van der Waals surface area contributed by atoms with E-state index >= 15 is 0 Å². The summed E-state index contributed by atoms with van der Waals surface area (Å²) in [6, 6.07) is 10.9. The molecular weight excluding hydrogens is 340 g/mol. The van der Waals surface area contributed by atoms with Crippen molar-refractivity contribution in [1.82, 2.24) is 25.2 Å². The summed E-state index contributed by atoms with van der Waals surface area (Å²) in [6.07, 6.45) is 3.31. The van der Waals surface area contributed by atoms with Gasteiger partial charge in [-0.2, -0.15) is 0 Å². The first-order valence-corrected chi connectivity index (χ1v) is 8.27. The van der Waals surface area contributed by atoms with Gasteiger partial charge in [-0.3, -0.25) is 4.79 Å². The van der Waals surface area contributed by atoms with Crippen molar-refractivity contribution < 1.29 is 9.21 Å². The molecule has 3 aromatic heterocycles. The molecule has 0 saturated carbocycles. The molecule has 4 rings (SSSR count). The molecule has 8 nitrogen and oxygen atoms in total. The van der Waals surface area contributed by atoms with Gasteiger partial charge in [0.2, 0.25) is 5.91 Å². The number of rotatable bonds is 5. The maximum atomic E-state index is 12.2. The van der Waals surface area contributed by atoms with Crippen LogP contribution in [-0.4, -0.2) is 31.1 Å². The van der Waals surface area contributed by atoms with E-state index in [1.165, 1.54) is 22.3 Å². The van der Waals surface area contributed by atoms with Gasteiger partial charge >= 0.3 is 0 Å². The summed E-state index contributed by atoms with van der Waals surface area (Å²) < 4.78 is 6.85. The van der Waals surface area contributed by atoms with E-state index in [0.717, 1.165) is 10.7 Å². The van der Waals surface area contributed by atoms with Crippen LogP contribution in [0.3, 0.4) is 0 Å². The number of amides is 1. The number of nitrogens with zero attached hydrogens (tertiary/aromatic N) is 5. The second-order valence-corrected chi connectivity index (χ2v) is 6.01. The minimum Gasteiger partial charge on any atom is -0.462 e. The molecule has 0 atom stereocenters. The Hall–Kier alpha value is -3.33. The van der Waals surface area contributed by atoms with Gasteiger partial charge in [0.05, 0.1) is 24.1 Å². The van der Waals surface area contributed by atoms with E-state index < -0.39 is 0 Å². The van der Waals surface area contributed by atoms with Crippen LogP contribution in [0.5, 0.6) is 0 Å². The highest BCUT2D eigenvalue weighted by Gasteiger charge is 2.11. The highest BCUT2D eigenvalue weighted by Crippen LogP contribution is 2.24. The van der Waals surface area contributed by atoms with Crippen molar-refractivity contribution in [1.29, 1.82) is 0 Å². The number of aromatic nitrogens is 5. The standard InChI is InChI=1S/C16H12N6O2S/c23-15(8-12-9-25-16(19-12)14-2-1-7-24-14)18-11-3-5-13(6-4-11)22-10-17-20-21-22/h1-7,9-10H,8H2,(H,18,23). The van der Waals surface area contributed by atoms with Gasteiger partial charge in [0, 0.05) is 11.1 Å². The van der Waals surface area contributed by atoms with E-state index in [0.29, 0.717) is 17.1 Å². The molecule has 4 aromatic rings. The molecule has 3 heterocycles. The Morgan fingerprint density at radius 1 is 1.24 bits per heavy atom. The van der Waals surface area contributed by atoms with Gasteiger partial charge < -0.3 is 9.73 Å². The number of hydrogen-bond acceptors (Lipinski definition) is 7. The molecule has 0 unspecified atom stereocenters. The average Bonchev–Trinajstić information content (AvgIpc) is 3.37. The van der Waals surface area contributed by atoms with Gasteiger partial charge in [-0.1, -0.05) is 0 Å². The fraction of sp³-hybridized carbons (Fsp3) is 0.0625. The Kier molecular flexibility index (Phi) is 4.05. The molecule has 0 saturated heterocycles. The van der Waals surface area contributed by atoms with Gasteiger partial charge in [-0.05, 0) is 46.8 Å². The number of hydrogen-bond donors (Lipinski definition) is 1. The van der Waals surface area contributed by atoms with Gasteiger partial charge in [0.15, 0.2) is 10.8 Å². The third-order valence-corrected chi connectivity index (χ3v) is 4.30. The van der Waals surface area contributed by atoms with E-state index in [1.807, 2.05) is 29.6 Å². The van der Waals surface area contributed by atoms with Crippen LogP contribution in [0.1, 0.15) is 5.69 Å². The highest BCUT2D eigenvalue weighted by molar-refractivity contribution is 7.13. The summed E-state index contributed by atoms with van der Waals surface area (Å²) in [7, 11) is 0. The second kappa shape index (κ2) is 6.65. The molecule has 0 bridgehead atoms. The van der Waals surface area contributed by atoms with Crippen molar-refractivity contribution in [3.8, 4) is 16.5 Å². The number of carbonyl (C=O) groups is 1. The van der Waals surface area contributed by atoms with Crippen molar-refractivity contribution in [2.24, 2.45) is 0 Å². The lowest BCUT2D eigenvalue weighted by Gasteiger charge is -2.05. The van der Waals surface area contributed by atoms with Crippen molar-refractivity contribution in [2.45, 2.75) is 6.42 Å². The zero-order chi connectivity index (χ0) is 17.1. The Morgan fingerprint density at radius 2 is 2.12 bits per heavy atom. The molecule has 1 aromatic carbocycles. The molecule has 0 radical (unpaired) electrons. The summed E-state index contributed by atoms with van der Waals surface area (Å²) in [5.74, 6) is 0.571. The van der Waals surface area contributed by atoms with Crippen molar-refractivity contribution in [3.05, 3.63) is 60.1 Å². The lowest BCUT2D eigenvalue weighted by atomic mass is 10.2. The first-order valence-electron chi connectivity index (χ1n) is 7.39.